The van der Waals surface area contributed by atoms with Gasteiger partial charge in [0.25, 0.3) is 0 Å². The molecule has 0 saturated carbocycles. The molecule has 0 bridgehead atoms. The van der Waals surface area contributed by atoms with E-state index < -0.39 is 17.7 Å². The minimum Gasteiger partial charge on any atom is -0.338 e. The van der Waals surface area contributed by atoms with E-state index in [9.17, 15) is 18.0 Å². The monoisotopic (exact) mass is 520 g/mol. The van der Waals surface area contributed by atoms with Gasteiger partial charge in [0.2, 0.25) is 17.6 Å². The van der Waals surface area contributed by atoms with E-state index in [2.05, 4.69) is 48.4 Å². The number of halogens is 4. The van der Waals surface area contributed by atoms with Crippen LogP contribution >= 0.6 is 11.6 Å². The normalized spacial score (nSPS) is 17.2. The molecular formula is C26H28ClF3N4O2. The number of piperidine rings is 1. The fourth-order valence-electron chi connectivity index (χ4n) is 4.19. The predicted octanol–water partition coefficient (Wildman–Crippen LogP) is 6.56. The van der Waals surface area contributed by atoms with Gasteiger partial charge in [-0.25, -0.2) is 0 Å². The van der Waals surface area contributed by atoms with Crippen LogP contribution in [0.25, 0.3) is 11.4 Å². The number of carbonyl (C=O) groups excluding carboxylic acids is 1. The molecule has 1 aliphatic heterocycles. The number of alkyl halides is 3. The summed E-state index contributed by atoms with van der Waals surface area (Å²) >= 11 is 6.03. The van der Waals surface area contributed by atoms with Gasteiger partial charge in [0.1, 0.15) is 0 Å². The van der Waals surface area contributed by atoms with Crippen molar-refractivity contribution in [3.63, 3.8) is 0 Å². The summed E-state index contributed by atoms with van der Waals surface area (Å²) < 4.78 is 44.6. The molecule has 0 aliphatic carbocycles. The number of rotatable bonds is 5. The van der Waals surface area contributed by atoms with E-state index in [1.54, 1.807) is 0 Å². The van der Waals surface area contributed by atoms with Crippen molar-refractivity contribution in [1.29, 1.82) is 0 Å². The van der Waals surface area contributed by atoms with Gasteiger partial charge in [-0.05, 0) is 48.6 Å². The maximum atomic E-state index is 13.0. The highest BCUT2D eigenvalue weighted by molar-refractivity contribution is 6.33. The van der Waals surface area contributed by atoms with Gasteiger partial charge in [0.05, 0.1) is 28.7 Å². The Morgan fingerprint density at radius 2 is 1.83 bits per heavy atom. The summed E-state index contributed by atoms with van der Waals surface area (Å²) in [6.45, 7) is 7.98. The lowest BCUT2D eigenvalue weighted by Crippen LogP contribution is -2.40. The number of hydrogen-bond donors (Lipinski definition) is 1. The van der Waals surface area contributed by atoms with E-state index in [-0.39, 0.29) is 22.0 Å². The molecule has 1 N–H and O–H groups in total. The van der Waals surface area contributed by atoms with E-state index in [0.717, 1.165) is 36.7 Å². The molecule has 1 atom stereocenters. The second-order valence-corrected chi connectivity index (χ2v) is 10.5. The Labute approximate surface area is 212 Å². The molecule has 6 nitrogen and oxygen atoms in total. The number of carbonyl (C=O) groups is 1. The molecule has 1 aliphatic rings. The van der Waals surface area contributed by atoms with Crippen LogP contribution in [-0.2, 0) is 22.9 Å². The first kappa shape index (κ1) is 26.2. The van der Waals surface area contributed by atoms with Crippen LogP contribution in [-0.4, -0.2) is 34.0 Å². The first-order valence-electron chi connectivity index (χ1n) is 11.7. The number of anilines is 1. The van der Waals surface area contributed by atoms with E-state index >= 15 is 0 Å². The van der Waals surface area contributed by atoms with Gasteiger partial charge in [-0.15, -0.1) is 0 Å². The first-order chi connectivity index (χ1) is 16.9. The Bertz CT molecular complexity index is 1220. The quantitative estimate of drug-likeness (QED) is 0.412. The molecule has 0 spiro atoms. The third-order valence-electron chi connectivity index (χ3n) is 6.26. The van der Waals surface area contributed by atoms with Crippen LogP contribution in [0.5, 0.6) is 0 Å². The molecule has 1 aromatic heterocycles. The van der Waals surface area contributed by atoms with Crippen LogP contribution in [0.4, 0.5) is 18.9 Å². The van der Waals surface area contributed by atoms with Gasteiger partial charge in [-0.3, -0.25) is 9.69 Å². The van der Waals surface area contributed by atoms with Crippen LogP contribution in [0, 0.1) is 5.92 Å². The van der Waals surface area contributed by atoms with Gasteiger partial charge in [0.15, 0.2) is 0 Å². The minimum atomic E-state index is -4.52. The van der Waals surface area contributed by atoms with Crippen molar-refractivity contribution in [2.45, 2.75) is 51.7 Å². The molecule has 1 fully saturated rings. The first-order valence-corrected chi connectivity index (χ1v) is 12.1. The average molecular weight is 521 g/mol. The molecule has 10 heteroatoms. The fourth-order valence-corrected chi connectivity index (χ4v) is 4.36. The van der Waals surface area contributed by atoms with Gasteiger partial charge in [0, 0.05) is 12.1 Å². The third-order valence-corrected chi connectivity index (χ3v) is 6.59. The number of aromatic nitrogens is 2. The SMILES string of the molecule is CC(C)(C)c1ccc(-c2noc(CN3CCCC(C(=O)Nc4cc(C(F)(F)F)ccc4Cl)C3)n2)cc1. The molecule has 0 radical (unpaired) electrons. The second kappa shape index (κ2) is 10.2. The van der Waals surface area contributed by atoms with Crippen molar-refractivity contribution in [3.8, 4) is 11.4 Å². The van der Waals surface area contributed by atoms with Gasteiger partial charge in [-0.1, -0.05) is 61.8 Å². The van der Waals surface area contributed by atoms with E-state index in [4.69, 9.17) is 16.1 Å². The maximum Gasteiger partial charge on any atom is 0.416 e. The molecule has 4 rings (SSSR count). The van der Waals surface area contributed by atoms with E-state index in [0.29, 0.717) is 31.2 Å². The van der Waals surface area contributed by atoms with Gasteiger partial charge in [-0.2, -0.15) is 18.2 Å². The summed E-state index contributed by atoms with van der Waals surface area (Å²) in [7, 11) is 0. The van der Waals surface area contributed by atoms with Crippen molar-refractivity contribution in [2.75, 3.05) is 18.4 Å². The van der Waals surface area contributed by atoms with E-state index in [1.165, 1.54) is 5.56 Å². The Balaban J connectivity index is 1.38. The van der Waals surface area contributed by atoms with Gasteiger partial charge < -0.3 is 9.84 Å². The smallest absolute Gasteiger partial charge is 0.338 e. The van der Waals surface area contributed by atoms with Crippen molar-refractivity contribution in [3.05, 3.63) is 64.5 Å². The number of nitrogens with one attached hydrogen (secondary N) is 1. The number of nitrogens with zero attached hydrogens (tertiary/aromatic N) is 3. The zero-order chi connectivity index (χ0) is 26.1. The Hall–Kier alpha value is -2.91. The molecule has 192 valence electrons. The molecule has 36 heavy (non-hydrogen) atoms. The summed E-state index contributed by atoms with van der Waals surface area (Å²) in [6, 6.07) is 10.9. The lowest BCUT2D eigenvalue weighted by Gasteiger charge is -2.31. The van der Waals surface area contributed by atoms with Crippen molar-refractivity contribution >= 4 is 23.2 Å². The Morgan fingerprint density at radius 1 is 1.14 bits per heavy atom. The summed E-state index contributed by atoms with van der Waals surface area (Å²) in [6.07, 6.45) is -3.15. The molecule has 3 aromatic rings. The average Bonchev–Trinajstić information content (AvgIpc) is 3.28. The standard InChI is InChI=1S/C26H28ClF3N4O2/c1-25(2,3)18-8-6-16(7-9-18)23-32-22(36-33-23)15-34-12-4-5-17(14-34)24(35)31-21-13-19(26(28,29)30)10-11-20(21)27/h6-11,13,17H,4-5,12,14-15H2,1-3H3,(H,31,35). The summed E-state index contributed by atoms with van der Waals surface area (Å²) in [5, 5.41) is 6.72. The van der Waals surface area contributed by atoms with Crippen LogP contribution in [0.1, 0.15) is 50.6 Å². The molecule has 1 saturated heterocycles. The molecule has 2 aromatic carbocycles. The highest BCUT2D eigenvalue weighted by Gasteiger charge is 2.32. The number of hydrogen-bond acceptors (Lipinski definition) is 5. The lowest BCUT2D eigenvalue weighted by molar-refractivity contribution is -0.137. The van der Waals surface area contributed by atoms with Gasteiger partial charge >= 0.3 is 6.18 Å². The Morgan fingerprint density at radius 3 is 2.50 bits per heavy atom. The van der Waals surface area contributed by atoms with Crippen LogP contribution in [0.3, 0.4) is 0 Å². The van der Waals surface area contributed by atoms with Crippen LogP contribution < -0.4 is 5.32 Å². The molecule has 1 amide bonds. The number of amides is 1. The maximum absolute atomic E-state index is 13.0. The minimum absolute atomic E-state index is 0.0461. The summed E-state index contributed by atoms with van der Waals surface area (Å²) in [5.41, 5.74) is 1.19. The highest BCUT2D eigenvalue weighted by Crippen LogP contribution is 2.34. The fraction of sp³-hybridized carbons (Fsp3) is 0.423. The third kappa shape index (κ3) is 6.25. The number of benzene rings is 2. The number of likely N-dealkylation sites (tertiary alicyclic amines) is 1. The zero-order valence-corrected chi connectivity index (χ0v) is 21.1. The predicted molar refractivity (Wildman–Crippen MR) is 132 cm³/mol. The lowest BCUT2D eigenvalue weighted by atomic mass is 9.87. The summed E-state index contributed by atoms with van der Waals surface area (Å²) in [5.74, 6) is 0.158. The van der Waals surface area contributed by atoms with Crippen LogP contribution in [0.15, 0.2) is 47.0 Å². The zero-order valence-electron chi connectivity index (χ0n) is 20.3. The Kier molecular flexibility index (Phi) is 7.43. The molecule has 1 unspecified atom stereocenters. The topological polar surface area (TPSA) is 71.3 Å². The molecule has 2 heterocycles. The second-order valence-electron chi connectivity index (χ2n) is 10.1. The van der Waals surface area contributed by atoms with Crippen molar-refractivity contribution < 1.29 is 22.5 Å². The molecular weight excluding hydrogens is 493 g/mol. The largest absolute Gasteiger partial charge is 0.416 e. The van der Waals surface area contributed by atoms with E-state index in [1.807, 2.05) is 17.0 Å². The summed E-state index contributed by atoms with van der Waals surface area (Å²) in [4.78, 5) is 19.4. The van der Waals surface area contributed by atoms with Crippen molar-refractivity contribution in [2.24, 2.45) is 5.92 Å². The van der Waals surface area contributed by atoms with Crippen molar-refractivity contribution in [1.82, 2.24) is 15.0 Å². The highest BCUT2D eigenvalue weighted by atomic mass is 35.5. The van der Waals surface area contributed by atoms with Crippen LogP contribution in [0.2, 0.25) is 5.02 Å².